The number of amides is 2. The second kappa shape index (κ2) is 6.84. The van der Waals surface area contributed by atoms with Gasteiger partial charge in [-0.2, -0.15) is 5.26 Å². The normalized spacial score (nSPS) is 14.7. The number of piperazine rings is 1. The van der Waals surface area contributed by atoms with Crippen LogP contribution in [0, 0.1) is 17.1 Å². The van der Waals surface area contributed by atoms with Crippen LogP contribution in [0.1, 0.15) is 12.0 Å². The van der Waals surface area contributed by atoms with Gasteiger partial charge in [-0.25, -0.2) is 4.39 Å². The third kappa shape index (κ3) is 4.02. The maximum absolute atomic E-state index is 13.1. The predicted octanol–water partition coefficient (Wildman–Crippen LogP) is 0.953. The van der Waals surface area contributed by atoms with Crippen LogP contribution < -0.4 is 0 Å². The summed E-state index contributed by atoms with van der Waals surface area (Å²) in [6, 6.07) is 7.82. The van der Waals surface area contributed by atoms with Gasteiger partial charge in [0.2, 0.25) is 11.8 Å². The molecule has 0 aromatic heterocycles. The molecule has 0 atom stereocenters. The van der Waals surface area contributed by atoms with Crippen molar-refractivity contribution in [1.29, 1.82) is 5.26 Å². The van der Waals surface area contributed by atoms with Gasteiger partial charge in [0, 0.05) is 26.2 Å². The molecule has 0 spiro atoms. The monoisotopic (exact) mass is 289 g/mol. The van der Waals surface area contributed by atoms with Crippen molar-refractivity contribution in [2.75, 3.05) is 26.2 Å². The van der Waals surface area contributed by atoms with E-state index in [1.807, 2.05) is 6.07 Å². The highest BCUT2D eigenvalue weighted by molar-refractivity contribution is 5.80. The van der Waals surface area contributed by atoms with Crippen molar-refractivity contribution in [3.05, 3.63) is 35.6 Å². The Morgan fingerprint density at radius 1 is 1.14 bits per heavy atom. The van der Waals surface area contributed by atoms with Gasteiger partial charge in [0.15, 0.2) is 0 Å². The van der Waals surface area contributed by atoms with Crippen molar-refractivity contribution < 1.29 is 14.0 Å². The van der Waals surface area contributed by atoms with Gasteiger partial charge in [0.05, 0.1) is 12.5 Å². The van der Waals surface area contributed by atoms with E-state index in [2.05, 4.69) is 0 Å². The molecule has 0 unspecified atom stereocenters. The molecule has 21 heavy (non-hydrogen) atoms. The first-order valence-corrected chi connectivity index (χ1v) is 6.77. The number of halogens is 1. The molecular weight excluding hydrogens is 273 g/mol. The summed E-state index contributed by atoms with van der Waals surface area (Å²) in [6.45, 7) is 1.78. The zero-order chi connectivity index (χ0) is 15.2. The maximum atomic E-state index is 13.1. The minimum absolute atomic E-state index is 0.0759. The summed E-state index contributed by atoms with van der Waals surface area (Å²) in [4.78, 5) is 27.0. The molecular formula is C15H16FN3O2. The maximum Gasteiger partial charge on any atom is 0.236 e. The van der Waals surface area contributed by atoms with Crippen molar-refractivity contribution in [3.8, 4) is 6.07 Å². The van der Waals surface area contributed by atoms with Crippen LogP contribution in [0.5, 0.6) is 0 Å². The first-order chi connectivity index (χ1) is 10.1. The molecule has 0 radical (unpaired) electrons. The zero-order valence-corrected chi connectivity index (χ0v) is 11.6. The first kappa shape index (κ1) is 15.0. The molecule has 5 nitrogen and oxygen atoms in total. The fraction of sp³-hybridized carbons (Fsp3) is 0.400. The second-order valence-corrected chi connectivity index (χ2v) is 4.90. The van der Waals surface area contributed by atoms with Crippen LogP contribution in [0.3, 0.4) is 0 Å². The van der Waals surface area contributed by atoms with Crippen LogP contribution in [0.15, 0.2) is 24.3 Å². The predicted molar refractivity (Wildman–Crippen MR) is 73.5 cm³/mol. The Morgan fingerprint density at radius 2 is 1.76 bits per heavy atom. The molecule has 1 heterocycles. The fourth-order valence-corrected chi connectivity index (χ4v) is 2.32. The van der Waals surface area contributed by atoms with Crippen LogP contribution >= 0.6 is 0 Å². The highest BCUT2D eigenvalue weighted by atomic mass is 19.1. The van der Waals surface area contributed by atoms with Gasteiger partial charge in [-0.3, -0.25) is 9.59 Å². The molecule has 1 aromatic rings. The number of benzene rings is 1. The molecule has 0 N–H and O–H groups in total. The number of nitriles is 1. The smallest absolute Gasteiger partial charge is 0.236 e. The van der Waals surface area contributed by atoms with E-state index in [1.165, 1.54) is 12.1 Å². The first-order valence-electron chi connectivity index (χ1n) is 6.77. The zero-order valence-electron chi connectivity index (χ0n) is 11.6. The van der Waals surface area contributed by atoms with E-state index >= 15 is 0 Å². The van der Waals surface area contributed by atoms with Crippen molar-refractivity contribution in [3.63, 3.8) is 0 Å². The van der Waals surface area contributed by atoms with Gasteiger partial charge >= 0.3 is 0 Å². The minimum Gasteiger partial charge on any atom is -0.339 e. The van der Waals surface area contributed by atoms with Crippen LogP contribution in [0.4, 0.5) is 4.39 Å². The van der Waals surface area contributed by atoms with Crippen LogP contribution in [-0.2, 0) is 16.0 Å². The Hall–Kier alpha value is -2.42. The average molecular weight is 289 g/mol. The summed E-state index contributed by atoms with van der Waals surface area (Å²) in [5, 5.41) is 8.50. The molecule has 1 aliphatic rings. The molecule has 0 saturated carbocycles. The van der Waals surface area contributed by atoms with E-state index in [0.29, 0.717) is 31.7 Å². The summed E-state index contributed by atoms with van der Waals surface area (Å²) in [7, 11) is 0. The van der Waals surface area contributed by atoms with E-state index < -0.39 is 0 Å². The molecule has 110 valence electrons. The summed E-state index contributed by atoms with van der Waals surface area (Å²) in [5.41, 5.74) is 0.642. The SMILES string of the molecule is N#CCC(=O)N1CCN(C(=O)Cc2cccc(F)c2)CC1. The number of carbonyl (C=O) groups is 2. The van der Waals surface area contributed by atoms with Gasteiger partial charge in [-0.15, -0.1) is 0 Å². The molecule has 6 heteroatoms. The molecule has 1 aromatic carbocycles. The molecule has 2 rings (SSSR count). The number of hydrogen-bond acceptors (Lipinski definition) is 3. The number of carbonyl (C=O) groups excluding carboxylic acids is 2. The number of nitrogens with zero attached hydrogens (tertiary/aromatic N) is 3. The average Bonchev–Trinajstić information content (AvgIpc) is 2.47. The van der Waals surface area contributed by atoms with Crippen LogP contribution in [0.25, 0.3) is 0 Å². The molecule has 1 fully saturated rings. The van der Waals surface area contributed by atoms with E-state index in [1.54, 1.807) is 21.9 Å². The Balaban J connectivity index is 1.86. The Labute approximate surface area is 122 Å². The number of hydrogen-bond donors (Lipinski definition) is 0. The lowest BCUT2D eigenvalue weighted by atomic mass is 10.1. The van der Waals surface area contributed by atoms with E-state index in [4.69, 9.17) is 5.26 Å². The highest BCUT2D eigenvalue weighted by Gasteiger charge is 2.23. The molecule has 0 bridgehead atoms. The highest BCUT2D eigenvalue weighted by Crippen LogP contribution is 2.09. The third-order valence-electron chi connectivity index (χ3n) is 3.46. The largest absolute Gasteiger partial charge is 0.339 e. The lowest BCUT2D eigenvalue weighted by Gasteiger charge is -2.34. The topological polar surface area (TPSA) is 64.4 Å². The van der Waals surface area contributed by atoms with Crippen molar-refractivity contribution in [2.24, 2.45) is 0 Å². The van der Waals surface area contributed by atoms with Crippen molar-refractivity contribution >= 4 is 11.8 Å². The summed E-state index contributed by atoms with van der Waals surface area (Å²) < 4.78 is 13.1. The van der Waals surface area contributed by atoms with Gasteiger partial charge in [-0.1, -0.05) is 12.1 Å². The summed E-state index contributed by atoms with van der Waals surface area (Å²) in [5.74, 6) is -0.630. The van der Waals surface area contributed by atoms with E-state index in [0.717, 1.165) is 0 Å². The fourth-order valence-electron chi connectivity index (χ4n) is 2.32. The van der Waals surface area contributed by atoms with Crippen LogP contribution in [0.2, 0.25) is 0 Å². The van der Waals surface area contributed by atoms with Gasteiger partial charge in [0.25, 0.3) is 0 Å². The minimum atomic E-state index is -0.354. The Kier molecular flexibility index (Phi) is 4.88. The molecule has 2 amide bonds. The van der Waals surface area contributed by atoms with Crippen molar-refractivity contribution in [1.82, 2.24) is 9.80 Å². The summed E-state index contributed by atoms with van der Waals surface area (Å²) >= 11 is 0. The molecule has 0 aliphatic carbocycles. The van der Waals surface area contributed by atoms with Crippen molar-refractivity contribution in [2.45, 2.75) is 12.8 Å². The van der Waals surface area contributed by atoms with E-state index in [9.17, 15) is 14.0 Å². The third-order valence-corrected chi connectivity index (χ3v) is 3.46. The molecule has 1 aliphatic heterocycles. The Bertz CT molecular complexity index is 575. The number of rotatable bonds is 3. The lowest BCUT2D eigenvalue weighted by Crippen LogP contribution is -2.50. The van der Waals surface area contributed by atoms with Gasteiger partial charge in [0.1, 0.15) is 12.2 Å². The molecule has 1 saturated heterocycles. The standard InChI is InChI=1S/C15H16FN3O2/c16-13-3-1-2-12(10-13)11-15(21)19-8-6-18(7-9-19)14(20)4-5-17/h1-3,10H,4,6-9,11H2. The van der Waals surface area contributed by atoms with Crippen LogP contribution in [-0.4, -0.2) is 47.8 Å². The Morgan fingerprint density at radius 3 is 2.33 bits per heavy atom. The summed E-state index contributed by atoms with van der Waals surface area (Å²) in [6.07, 6.45) is 0.0289. The van der Waals surface area contributed by atoms with Gasteiger partial charge < -0.3 is 9.80 Å². The second-order valence-electron chi connectivity index (χ2n) is 4.90. The quantitative estimate of drug-likeness (QED) is 0.832. The lowest BCUT2D eigenvalue weighted by molar-refractivity contribution is -0.138. The van der Waals surface area contributed by atoms with E-state index in [-0.39, 0.29) is 30.5 Å². The van der Waals surface area contributed by atoms with Gasteiger partial charge in [-0.05, 0) is 17.7 Å².